The van der Waals surface area contributed by atoms with Gasteiger partial charge >= 0.3 is 0 Å². The predicted molar refractivity (Wildman–Crippen MR) is 115 cm³/mol. The lowest BCUT2D eigenvalue weighted by Gasteiger charge is -2.34. The predicted octanol–water partition coefficient (Wildman–Crippen LogP) is 3.70. The highest BCUT2D eigenvalue weighted by Gasteiger charge is 2.27. The van der Waals surface area contributed by atoms with Crippen molar-refractivity contribution in [2.75, 3.05) is 36.8 Å². The van der Waals surface area contributed by atoms with Gasteiger partial charge in [0.15, 0.2) is 5.76 Å². The lowest BCUT2D eigenvalue weighted by molar-refractivity contribution is -0.128. The number of hydrogen-bond acceptors (Lipinski definition) is 7. The Morgan fingerprint density at radius 1 is 1.20 bits per heavy atom. The molecular formula is C22H22N4O3S. The largest absolute Gasteiger partial charge is 0.459 e. The Bertz CT molecular complexity index is 1030. The van der Waals surface area contributed by atoms with E-state index in [9.17, 15) is 10.1 Å². The van der Waals surface area contributed by atoms with Gasteiger partial charge in [-0.2, -0.15) is 10.2 Å². The van der Waals surface area contributed by atoms with Crippen molar-refractivity contribution in [1.82, 2.24) is 9.88 Å². The van der Waals surface area contributed by atoms with Gasteiger partial charge in [0, 0.05) is 31.9 Å². The van der Waals surface area contributed by atoms with Crippen LogP contribution in [-0.2, 0) is 10.5 Å². The molecule has 154 valence electrons. The standard InChI is InChI=1S/C22H22N4O3S/c1-16-4-6-17(7-5-16)14-30-15-20(27)25-8-10-26(11-9-25)22-18(13-23)24-21(29-22)19-3-2-12-28-19/h2-7,12H,8-11,14-15H2,1H3. The number of nitrogens with zero attached hydrogens (tertiary/aromatic N) is 4. The molecule has 0 spiro atoms. The smallest absolute Gasteiger partial charge is 0.266 e. The molecule has 3 aromatic rings. The van der Waals surface area contributed by atoms with E-state index in [1.54, 1.807) is 23.9 Å². The minimum absolute atomic E-state index is 0.140. The summed E-state index contributed by atoms with van der Waals surface area (Å²) in [4.78, 5) is 20.6. The monoisotopic (exact) mass is 422 g/mol. The molecule has 0 radical (unpaired) electrons. The van der Waals surface area contributed by atoms with Crippen molar-refractivity contribution in [1.29, 1.82) is 5.26 Å². The fraction of sp³-hybridized carbons (Fsp3) is 0.318. The Morgan fingerprint density at radius 2 is 1.97 bits per heavy atom. The van der Waals surface area contributed by atoms with Crippen LogP contribution in [0.2, 0.25) is 0 Å². The number of nitriles is 1. The lowest BCUT2D eigenvalue weighted by Crippen LogP contribution is -2.49. The molecule has 1 aliphatic rings. The maximum absolute atomic E-state index is 12.6. The molecule has 1 fully saturated rings. The maximum atomic E-state index is 12.6. The van der Waals surface area contributed by atoms with Crippen LogP contribution in [0.15, 0.2) is 51.5 Å². The summed E-state index contributed by atoms with van der Waals surface area (Å²) in [6.45, 7) is 4.43. The number of piperazine rings is 1. The molecule has 8 heteroatoms. The number of hydrogen-bond donors (Lipinski definition) is 0. The second-order valence-electron chi connectivity index (χ2n) is 7.11. The Labute approximate surface area is 179 Å². The number of furan rings is 1. The van der Waals surface area contributed by atoms with Crippen molar-refractivity contribution >= 4 is 23.6 Å². The van der Waals surface area contributed by atoms with E-state index in [0.29, 0.717) is 43.6 Å². The van der Waals surface area contributed by atoms with E-state index in [-0.39, 0.29) is 17.5 Å². The number of carbonyl (C=O) groups excluding carboxylic acids is 1. The van der Waals surface area contributed by atoms with E-state index in [0.717, 1.165) is 5.75 Å². The van der Waals surface area contributed by atoms with E-state index in [1.807, 2.05) is 9.80 Å². The van der Waals surface area contributed by atoms with Crippen LogP contribution in [0.3, 0.4) is 0 Å². The molecular weight excluding hydrogens is 400 g/mol. The van der Waals surface area contributed by atoms with Crippen LogP contribution in [0.5, 0.6) is 0 Å². The average Bonchev–Trinajstić information content (AvgIpc) is 3.45. The topological polar surface area (TPSA) is 86.5 Å². The van der Waals surface area contributed by atoms with E-state index in [1.165, 1.54) is 17.4 Å². The van der Waals surface area contributed by atoms with Crippen LogP contribution >= 0.6 is 11.8 Å². The molecule has 30 heavy (non-hydrogen) atoms. The van der Waals surface area contributed by atoms with Crippen molar-refractivity contribution in [2.24, 2.45) is 0 Å². The third-order valence-corrected chi connectivity index (χ3v) is 5.97. The molecule has 7 nitrogen and oxygen atoms in total. The lowest BCUT2D eigenvalue weighted by atomic mass is 10.2. The third-order valence-electron chi connectivity index (χ3n) is 4.98. The zero-order valence-electron chi connectivity index (χ0n) is 16.7. The summed E-state index contributed by atoms with van der Waals surface area (Å²) in [5, 5.41) is 9.41. The first-order valence-corrected chi connectivity index (χ1v) is 10.9. The van der Waals surface area contributed by atoms with Gasteiger partial charge in [0.1, 0.15) is 6.07 Å². The molecule has 2 aromatic heterocycles. The highest BCUT2D eigenvalue weighted by Crippen LogP contribution is 2.29. The van der Waals surface area contributed by atoms with Gasteiger partial charge in [0.2, 0.25) is 17.5 Å². The summed E-state index contributed by atoms with van der Waals surface area (Å²) in [7, 11) is 0. The SMILES string of the molecule is Cc1ccc(CSCC(=O)N2CCN(c3oc(-c4ccco4)nc3C#N)CC2)cc1. The number of aryl methyl sites for hydroxylation is 1. The van der Waals surface area contributed by atoms with Crippen LogP contribution in [0, 0.1) is 18.3 Å². The summed E-state index contributed by atoms with van der Waals surface area (Å²) >= 11 is 1.63. The second-order valence-corrected chi connectivity index (χ2v) is 8.09. The van der Waals surface area contributed by atoms with Crippen LogP contribution in [0.25, 0.3) is 11.7 Å². The molecule has 0 N–H and O–H groups in total. The fourth-order valence-corrected chi connectivity index (χ4v) is 4.18. The number of aromatic nitrogens is 1. The van der Waals surface area contributed by atoms with Crippen LogP contribution in [-0.4, -0.2) is 47.7 Å². The van der Waals surface area contributed by atoms with Crippen molar-refractivity contribution in [3.05, 3.63) is 59.5 Å². The number of carbonyl (C=O) groups is 1. The first-order chi connectivity index (χ1) is 14.6. The highest BCUT2D eigenvalue weighted by atomic mass is 32.2. The minimum atomic E-state index is 0.140. The van der Waals surface area contributed by atoms with Crippen LogP contribution in [0.1, 0.15) is 16.8 Å². The summed E-state index contributed by atoms with van der Waals surface area (Å²) in [5.74, 6) is 2.63. The van der Waals surface area contributed by atoms with Crippen LogP contribution < -0.4 is 4.90 Å². The number of rotatable bonds is 6. The highest BCUT2D eigenvalue weighted by molar-refractivity contribution is 7.99. The fourth-order valence-electron chi connectivity index (χ4n) is 3.30. The third kappa shape index (κ3) is 4.52. The van der Waals surface area contributed by atoms with Crippen LogP contribution in [0.4, 0.5) is 5.88 Å². The van der Waals surface area contributed by atoms with E-state index in [2.05, 4.69) is 42.2 Å². The minimum Gasteiger partial charge on any atom is -0.459 e. The molecule has 0 bridgehead atoms. The van der Waals surface area contributed by atoms with E-state index < -0.39 is 0 Å². The molecule has 0 saturated carbocycles. The molecule has 1 aliphatic heterocycles. The normalized spacial score (nSPS) is 14.0. The van der Waals surface area contributed by atoms with Gasteiger partial charge in [0.05, 0.1) is 12.0 Å². The van der Waals surface area contributed by atoms with Gasteiger partial charge in [-0.25, -0.2) is 0 Å². The second kappa shape index (κ2) is 9.09. The molecule has 0 unspecified atom stereocenters. The number of benzene rings is 1. The summed E-state index contributed by atoms with van der Waals surface area (Å²) in [6.07, 6.45) is 1.53. The number of oxazole rings is 1. The average molecular weight is 423 g/mol. The van der Waals surface area contributed by atoms with Gasteiger partial charge in [-0.15, -0.1) is 11.8 Å². The molecule has 4 rings (SSSR count). The van der Waals surface area contributed by atoms with Gasteiger partial charge in [-0.05, 0) is 24.6 Å². The zero-order chi connectivity index (χ0) is 20.9. The Morgan fingerprint density at radius 3 is 2.63 bits per heavy atom. The maximum Gasteiger partial charge on any atom is 0.266 e. The summed E-state index contributed by atoms with van der Waals surface area (Å²) in [6, 6.07) is 14.0. The molecule has 0 aliphatic carbocycles. The summed E-state index contributed by atoms with van der Waals surface area (Å²) < 4.78 is 11.1. The van der Waals surface area contributed by atoms with Crippen molar-refractivity contribution in [2.45, 2.75) is 12.7 Å². The van der Waals surface area contributed by atoms with Crippen molar-refractivity contribution < 1.29 is 13.6 Å². The number of anilines is 1. The first kappa shape index (κ1) is 20.1. The number of thioether (sulfide) groups is 1. The Balaban J connectivity index is 1.30. The summed E-state index contributed by atoms with van der Waals surface area (Å²) in [5.41, 5.74) is 2.69. The number of amides is 1. The van der Waals surface area contributed by atoms with E-state index in [4.69, 9.17) is 8.83 Å². The Hall–Kier alpha value is -3.18. The first-order valence-electron chi connectivity index (χ1n) is 9.75. The van der Waals surface area contributed by atoms with E-state index >= 15 is 0 Å². The molecule has 0 atom stereocenters. The quantitative estimate of drug-likeness (QED) is 0.599. The van der Waals surface area contributed by atoms with Crippen molar-refractivity contribution in [3.8, 4) is 17.7 Å². The van der Waals surface area contributed by atoms with Gasteiger partial charge in [-0.3, -0.25) is 4.79 Å². The molecule has 1 aromatic carbocycles. The molecule has 1 saturated heterocycles. The van der Waals surface area contributed by atoms with Gasteiger partial charge in [0.25, 0.3) is 5.89 Å². The molecule has 1 amide bonds. The zero-order valence-corrected chi connectivity index (χ0v) is 17.5. The van der Waals surface area contributed by atoms with Gasteiger partial charge < -0.3 is 18.6 Å². The molecule has 3 heterocycles. The van der Waals surface area contributed by atoms with Crippen molar-refractivity contribution in [3.63, 3.8) is 0 Å². The van der Waals surface area contributed by atoms with Gasteiger partial charge in [-0.1, -0.05) is 29.8 Å². The Kier molecular flexibility index (Phi) is 6.10.